The maximum Gasteiger partial charge on any atom is 0.302 e. The Balaban J connectivity index is 1.11. The highest BCUT2D eigenvalue weighted by Gasteiger charge is 2.69. The zero-order valence-corrected chi connectivity index (χ0v) is 30.0. The summed E-state index contributed by atoms with van der Waals surface area (Å²) in [4.78, 5) is 50.3. The Morgan fingerprint density at radius 3 is 2.15 bits per heavy atom. The van der Waals surface area contributed by atoms with Gasteiger partial charge in [-0.3, -0.25) is 9.59 Å². The maximum absolute atomic E-state index is 12.7. The summed E-state index contributed by atoms with van der Waals surface area (Å²) in [5, 5.41) is 0. The quantitative estimate of drug-likeness (QED) is 0.220. The van der Waals surface area contributed by atoms with Gasteiger partial charge in [-0.15, -0.1) is 0 Å². The summed E-state index contributed by atoms with van der Waals surface area (Å²) in [7, 11) is 0. The highest BCUT2D eigenvalue weighted by molar-refractivity contribution is 5.66. The molecule has 8 heteroatoms. The third kappa shape index (κ3) is 5.84. The molecule has 0 amide bonds. The van der Waals surface area contributed by atoms with Gasteiger partial charge in [-0.05, 0) is 91.4 Å². The summed E-state index contributed by atoms with van der Waals surface area (Å²) >= 11 is 0. The summed E-state index contributed by atoms with van der Waals surface area (Å²) in [5.74, 6) is 0.137. The number of benzene rings is 1. The molecule has 5 aliphatic carbocycles. The first kappa shape index (κ1) is 34.4. The Kier molecular flexibility index (Phi) is 9.30. The molecule has 8 nitrogen and oxygen atoms in total. The van der Waals surface area contributed by atoms with Gasteiger partial charge in [0.1, 0.15) is 12.2 Å². The van der Waals surface area contributed by atoms with Crippen LogP contribution in [0.2, 0.25) is 0 Å². The molecule has 7 rings (SSSR count). The van der Waals surface area contributed by atoms with Gasteiger partial charge in [-0.1, -0.05) is 70.9 Å². The highest BCUT2D eigenvalue weighted by atomic mass is 17.4. The molecule has 266 valence electrons. The molecule has 0 bridgehead atoms. The maximum atomic E-state index is 12.7. The van der Waals surface area contributed by atoms with Gasteiger partial charge in [-0.2, -0.15) is 19.6 Å². The van der Waals surface area contributed by atoms with Crippen LogP contribution in [0.3, 0.4) is 0 Å². The van der Waals surface area contributed by atoms with Crippen molar-refractivity contribution in [1.82, 2.24) is 0 Å². The monoisotopic (exact) mass is 666 g/mol. The normalized spacial score (nSPS) is 45.9. The van der Waals surface area contributed by atoms with Gasteiger partial charge in [0, 0.05) is 50.9 Å². The van der Waals surface area contributed by atoms with Crippen molar-refractivity contribution >= 4 is 11.9 Å². The summed E-state index contributed by atoms with van der Waals surface area (Å²) in [6, 6.07) is 10.6. The van der Waals surface area contributed by atoms with Crippen LogP contribution < -0.4 is 0 Å². The third-order valence-corrected chi connectivity index (χ3v) is 14.6. The number of carbonyl (C=O) groups excluding carboxylic acids is 2. The van der Waals surface area contributed by atoms with Gasteiger partial charge >= 0.3 is 11.9 Å². The standard InChI is InChI=1S/C40H58O8/c1-7-11-25(2)31-14-15-32-36-33(23-35(38(31,32)6)44-27(4)42)37(5)20-21-40(24-30(37)22-34(36)43-26(3)41)47-45-39(46-48-40)18-16-29(17-19-39)28-12-9-8-10-13-28/h8-10,12-13,25,29-36H,7,11,14-24H2,1-6H3/t25?,29?,30-,31?,32?,33?,34-,35+,36?,37+,38-,39?,40?/m1/s1. The minimum Gasteiger partial charge on any atom is -0.462 e. The molecule has 5 saturated carbocycles. The van der Waals surface area contributed by atoms with Crippen molar-refractivity contribution in [3.8, 4) is 0 Å². The molecule has 6 aliphatic rings. The van der Waals surface area contributed by atoms with E-state index in [1.54, 1.807) is 6.92 Å². The van der Waals surface area contributed by atoms with E-state index in [-0.39, 0.29) is 52.7 Å². The van der Waals surface area contributed by atoms with Crippen molar-refractivity contribution in [3.05, 3.63) is 35.9 Å². The lowest BCUT2D eigenvalue weighted by molar-refractivity contribution is -0.665. The zero-order valence-electron chi connectivity index (χ0n) is 30.0. The first-order valence-corrected chi connectivity index (χ1v) is 19.0. The van der Waals surface area contributed by atoms with Crippen LogP contribution in [0.5, 0.6) is 0 Å². The van der Waals surface area contributed by atoms with E-state index in [9.17, 15) is 9.59 Å². The van der Waals surface area contributed by atoms with Crippen molar-refractivity contribution < 1.29 is 38.6 Å². The number of esters is 2. The first-order valence-electron chi connectivity index (χ1n) is 19.0. The second-order valence-electron chi connectivity index (χ2n) is 17.1. The Morgan fingerprint density at radius 2 is 1.50 bits per heavy atom. The fourth-order valence-corrected chi connectivity index (χ4v) is 12.2. The minimum atomic E-state index is -0.994. The summed E-state index contributed by atoms with van der Waals surface area (Å²) in [6.07, 6.45) is 11.1. The molecule has 1 saturated heterocycles. The Hall–Kier alpha value is -2.00. The predicted molar refractivity (Wildman–Crippen MR) is 179 cm³/mol. The summed E-state index contributed by atoms with van der Waals surface area (Å²) in [6.45, 7) is 12.5. The number of ether oxygens (including phenoxy) is 2. The largest absolute Gasteiger partial charge is 0.462 e. The summed E-state index contributed by atoms with van der Waals surface area (Å²) in [5.41, 5.74) is 1.15. The smallest absolute Gasteiger partial charge is 0.302 e. The molecule has 1 aromatic rings. The van der Waals surface area contributed by atoms with E-state index in [0.717, 1.165) is 51.4 Å². The van der Waals surface area contributed by atoms with E-state index in [4.69, 9.17) is 29.0 Å². The lowest BCUT2D eigenvalue weighted by Crippen LogP contribution is -2.65. The van der Waals surface area contributed by atoms with Crippen molar-refractivity contribution in [1.29, 1.82) is 0 Å². The molecule has 1 aromatic carbocycles. The van der Waals surface area contributed by atoms with Crippen LogP contribution in [0.15, 0.2) is 30.3 Å². The van der Waals surface area contributed by atoms with E-state index in [1.165, 1.54) is 18.9 Å². The van der Waals surface area contributed by atoms with Crippen molar-refractivity contribution in [2.75, 3.05) is 0 Å². The van der Waals surface area contributed by atoms with Crippen LogP contribution in [0, 0.1) is 46.3 Å². The lowest BCUT2D eigenvalue weighted by Gasteiger charge is -2.65. The fraction of sp³-hybridized carbons (Fsp3) is 0.800. The van der Waals surface area contributed by atoms with E-state index < -0.39 is 11.6 Å². The van der Waals surface area contributed by atoms with Crippen molar-refractivity contribution in [2.45, 2.75) is 155 Å². The van der Waals surface area contributed by atoms with Gasteiger partial charge in [0.2, 0.25) is 11.6 Å². The molecule has 6 fully saturated rings. The number of fused-ring (bicyclic) bond motifs is 5. The fourth-order valence-electron chi connectivity index (χ4n) is 12.2. The second-order valence-corrected chi connectivity index (χ2v) is 17.1. The molecule has 2 spiro atoms. The molecule has 0 N–H and O–H groups in total. The van der Waals surface area contributed by atoms with Crippen LogP contribution in [0.1, 0.15) is 136 Å². The van der Waals surface area contributed by atoms with Crippen LogP contribution in [0.25, 0.3) is 0 Å². The van der Waals surface area contributed by atoms with Gasteiger partial charge in [0.15, 0.2) is 0 Å². The van der Waals surface area contributed by atoms with Crippen LogP contribution in [0.4, 0.5) is 0 Å². The topological polar surface area (TPSA) is 89.5 Å². The number of carbonyl (C=O) groups is 2. The number of hydrogen-bond donors (Lipinski definition) is 0. The molecule has 10 atom stereocenters. The Bertz CT molecular complexity index is 1310. The van der Waals surface area contributed by atoms with Crippen LogP contribution in [-0.2, 0) is 38.6 Å². The molecule has 48 heavy (non-hydrogen) atoms. The first-order chi connectivity index (χ1) is 22.9. The van der Waals surface area contributed by atoms with Crippen LogP contribution >= 0.6 is 0 Å². The van der Waals surface area contributed by atoms with E-state index in [1.807, 2.05) is 0 Å². The van der Waals surface area contributed by atoms with E-state index >= 15 is 0 Å². The number of rotatable bonds is 6. The molecule has 0 radical (unpaired) electrons. The molecular formula is C40H58O8. The minimum absolute atomic E-state index is 0.0605. The summed E-state index contributed by atoms with van der Waals surface area (Å²) < 4.78 is 12.6. The van der Waals surface area contributed by atoms with Gasteiger partial charge in [-0.25, -0.2) is 0 Å². The number of hydrogen-bond acceptors (Lipinski definition) is 8. The van der Waals surface area contributed by atoms with Crippen LogP contribution in [-0.4, -0.2) is 35.7 Å². The molecule has 1 aliphatic heterocycles. The van der Waals surface area contributed by atoms with Gasteiger partial charge in [0.25, 0.3) is 0 Å². The second kappa shape index (κ2) is 13.0. The average Bonchev–Trinajstić information content (AvgIpc) is 3.42. The third-order valence-electron chi connectivity index (χ3n) is 14.6. The molecule has 5 unspecified atom stereocenters. The highest BCUT2D eigenvalue weighted by Crippen LogP contribution is 2.70. The van der Waals surface area contributed by atoms with Crippen molar-refractivity contribution in [3.63, 3.8) is 0 Å². The Morgan fingerprint density at radius 1 is 0.833 bits per heavy atom. The van der Waals surface area contributed by atoms with E-state index in [2.05, 4.69) is 58.0 Å². The van der Waals surface area contributed by atoms with Crippen molar-refractivity contribution in [2.24, 2.45) is 46.3 Å². The SMILES string of the molecule is CCCC(C)C1CCC2C3C(C[C@H](OC(C)=O)[C@]12C)[C@@]1(C)CCC2(C[C@H]1C[C@H]3OC(C)=O)OOC1(CCC(c3ccccc3)CC1)OO2. The predicted octanol–water partition coefficient (Wildman–Crippen LogP) is 8.83. The zero-order chi connectivity index (χ0) is 33.9. The lowest BCUT2D eigenvalue weighted by atomic mass is 9.42. The molecule has 1 heterocycles. The average molecular weight is 667 g/mol. The van der Waals surface area contributed by atoms with Gasteiger partial charge in [0.05, 0.1) is 0 Å². The van der Waals surface area contributed by atoms with Gasteiger partial charge < -0.3 is 9.47 Å². The van der Waals surface area contributed by atoms with E-state index in [0.29, 0.717) is 49.4 Å². The Labute approximate surface area is 287 Å². The molecular weight excluding hydrogens is 608 g/mol. The molecule has 0 aromatic heterocycles.